The topological polar surface area (TPSA) is 42.4 Å². The van der Waals surface area contributed by atoms with Gasteiger partial charge < -0.3 is 9.84 Å². The third-order valence-electron chi connectivity index (χ3n) is 2.36. The molecule has 0 bridgehead atoms. The molecule has 0 saturated carbocycles. The molecule has 2 rings (SSSR count). The molecule has 1 aromatic carbocycles. The van der Waals surface area contributed by atoms with Crippen molar-refractivity contribution in [2.45, 2.75) is 13.5 Å². The number of ether oxygens (including phenoxy) is 1. The monoisotopic (exact) mass is 311 g/mol. The maximum absolute atomic E-state index is 13.1. The fourth-order valence-electron chi connectivity index (χ4n) is 1.45. The maximum Gasteiger partial charge on any atom is 0.144 e. The van der Waals surface area contributed by atoms with E-state index in [0.29, 0.717) is 21.5 Å². The summed E-state index contributed by atoms with van der Waals surface area (Å²) in [7, 11) is 0. The highest BCUT2D eigenvalue weighted by Gasteiger charge is 2.09. The second-order valence-electron chi connectivity index (χ2n) is 3.77. The Kier molecular flexibility index (Phi) is 3.93. The summed E-state index contributed by atoms with van der Waals surface area (Å²) in [6.45, 7) is 1.63. The lowest BCUT2D eigenvalue weighted by Crippen LogP contribution is -1.95. The van der Waals surface area contributed by atoms with Crippen molar-refractivity contribution in [2.24, 2.45) is 0 Å². The third kappa shape index (κ3) is 2.86. The van der Waals surface area contributed by atoms with Crippen molar-refractivity contribution in [1.82, 2.24) is 4.98 Å². The number of aliphatic hydroxyl groups is 1. The standard InChI is InChI=1S/C13H11BrFNO2/c1-8-4-12(9(7-17)6-16-8)18-13-5-10(15)2-3-11(13)14/h2-6,17H,7H2,1H3. The Morgan fingerprint density at radius 3 is 2.83 bits per heavy atom. The summed E-state index contributed by atoms with van der Waals surface area (Å²) in [4.78, 5) is 4.07. The van der Waals surface area contributed by atoms with Gasteiger partial charge in [-0.1, -0.05) is 0 Å². The van der Waals surface area contributed by atoms with Gasteiger partial charge in [-0.05, 0) is 35.0 Å². The number of halogens is 2. The van der Waals surface area contributed by atoms with Crippen LogP contribution in [-0.2, 0) is 6.61 Å². The highest BCUT2D eigenvalue weighted by Crippen LogP contribution is 2.32. The van der Waals surface area contributed by atoms with Gasteiger partial charge in [-0.25, -0.2) is 4.39 Å². The lowest BCUT2D eigenvalue weighted by Gasteiger charge is -2.11. The van der Waals surface area contributed by atoms with Gasteiger partial charge in [0, 0.05) is 29.6 Å². The zero-order valence-corrected chi connectivity index (χ0v) is 11.2. The van der Waals surface area contributed by atoms with Gasteiger partial charge in [0.25, 0.3) is 0 Å². The summed E-state index contributed by atoms with van der Waals surface area (Å²) >= 11 is 3.28. The molecule has 0 aliphatic heterocycles. The van der Waals surface area contributed by atoms with Crippen molar-refractivity contribution >= 4 is 15.9 Å². The molecule has 0 spiro atoms. The minimum Gasteiger partial charge on any atom is -0.456 e. The SMILES string of the molecule is Cc1cc(Oc2cc(F)ccc2Br)c(CO)cn1. The second kappa shape index (κ2) is 5.46. The summed E-state index contributed by atoms with van der Waals surface area (Å²) < 4.78 is 19.4. The highest BCUT2D eigenvalue weighted by atomic mass is 79.9. The molecule has 2 aromatic rings. The van der Waals surface area contributed by atoms with Crippen LogP contribution in [0.1, 0.15) is 11.3 Å². The number of nitrogens with zero attached hydrogens (tertiary/aromatic N) is 1. The van der Waals surface area contributed by atoms with Crippen molar-refractivity contribution in [1.29, 1.82) is 0 Å². The van der Waals surface area contributed by atoms with Crippen LogP contribution in [0.3, 0.4) is 0 Å². The number of hydrogen-bond acceptors (Lipinski definition) is 3. The molecule has 1 N–H and O–H groups in total. The van der Waals surface area contributed by atoms with Crippen molar-refractivity contribution in [2.75, 3.05) is 0 Å². The summed E-state index contributed by atoms with van der Waals surface area (Å²) in [6.07, 6.45) is 1.54. The van der Waals surface area contributed by atoms with Gasteiger partial charge in [0.1, 0.15) is 17.3 Å². The molecule has 0 aliphatic carbocycles. The molecule has 0 atom stereocenters. The normalized spacial score (nSPS) is 10.4. The number of benzene rings is 1. The molecule has 0 amide bonds. The summed E-state index contributed by atoms with van der Waals surface area (Å²) in [5.74, 6) is 0.441. The first-order valence-corrected chi connectivity index (χ1v) is 6.08. The van der Waals surface area contributed by atoms with Gasteiger partial charge in [-0.3, -0.25) is 4.98 Å². The molecule has 1 aromatic heterocycles. The molecule has 3 nitrogen and oxygen atoms in total. The number of pyridine rings is 1. The molecule has 18 heavy (non-hydrogen) atoms. The Balaban J connectivity index is 2.38. The molecular formula is C13H11BrFNO2. The minimum absolute atomic E-state index is 0.185. The smallest absolute Gasteiger partial charge is 0.144 e. The van der Waals surface area contributed by atoms with Crippen molar-refractivity contribution in [3.8, 4) is 11.5 Å². The van der Waals surface area contributed by atoms with Crippen LogP contribution >= 0.6 is 15.9 Å². The zero-order chi connectivity index (χ0) is 13.1. The number of hydrogen-bond donors (Lipinski definition) is 1. The van der Waals surface area contributed by atoms with Gasteiger partial charge in [0.15, 0.2) is 0 Å². The zero-order valence-electron chi connectivity index (χ0n) is 9.65. The Labute approximate surface area is 112 Å². The summed E-state index contributed by atoms with van der Waals surface area (Å²) in [5, 5.41) is 9.21. The van der Waals surface area contributed by atoms with Gasteiger partial charge >= 0.3 is 0 Å². The van der Waals surface area contributed by atoms with E-state index in [4.69, 9.17) is 4.74 Å². The van der Waals surface area contributed by atoms with Gasteiger partial charge in [-0.15, -0.1) is 0 Å². The van der Waals surface area contributed by atoms with Crippen LogP contribution in [-0.4, -0.2) is 10.1 Å². The molecule has 0 saturated heterocycles. The molecule has 0 fully saturated rings. The average Bonchev–Trinajstić information content (AvgIpc) is 2.34. The van der Waals surface area contributed by atoms with Crippen molar-refractivity contribution < 1.29 is 14.2 Å². The van der Waals surface area contributed by atoms with E-state index in [-0.39, 0.29) is 12.4 Å². The molecule has 5 heteroatoms. The predicted molar refractivity (Wildman–Crippen MR) is 69.1 cm³/mol. The van der Waals surface area contributed by atoms with E-state index < -0.39 is 0 Å². The Morgan fingerprint density at radius 2 is 2.11 bits per heavy atom. The predicted octanol–water partition coefficient (Wildman–Crippen LogP) is 3.58. The number of aliphatic hydroxyl groups excluding tert-OH is 1. The molecule has 0 aliphatic rings. The van der Waals surface area contributed by atoms with E-state index in [0.717, 1.165) is 5.69 Å². The molecule has 1 heterocycles. The van der Waals surface area contributed by atoms with Crippen LogP contribution in [0.4, 0.5) is 4.39 Å². The van der Waals surface area contributed by atoms with Crippen molar-refractivity contribution in [3.63, 3.8) is 0 Å². The largest absolute Gasteiger partial charge is 0.456 e. The fraction of sp³-hybridized carbons (Fsp3) is 0.154. The lowest BCUT2D eigenvalue weighted by atomic mass is 10.2. The number of rotatable bonds is 3. The van der Waals surface area contributed by atoms with E-state index in [2.05, 4.69) is 20.9 Å². The second-order valence-corrected chi connectivity index (χ2v) is 4.62. The van der Waals surface area contributed by atoms with E-state index in [1.54, 1.807) is 12.1 Å². The lowest BCUT2D eigenvalue weighted by molar-refractivity contribution is 0.276. The van der Waals surface area contributed by atoms with E-state index in [1.807, 2.05) is 6.92 Å². The van der Waals surface area contributed by atoms with Crippen LogP contribution in [0.25, 0.3) is 0 Å². The Morgan fingerprint density at radius 1 is 1.33 bits per heavy atom. The van der Waals surface area contributed by atoms with Crippen LogP contribution in [0, 0.1) is 12.7 Å². The van der Waals surface area contributed by atoms with E-state index in [1.165, 1.54) is 18.3 Å². The molecular weight excluding hydrogens is 301 g/mol. The van der Waals surface area contributed by atoms with Gasteiger partial charge in [-0.2, -0.15) is 0 Å². The van der Waals surface area contributed by atoms with Crippen molar-refractivity contribution in [3.05, 3.63) is 52.0 Å². The molecule has 0 radical (unpaired) electrons. The van der Waals surface area contributed by atoms with Crippen LogP contribution < -0.4 is 4.74 Å². The Hall–Kier alpha value is -1.46. The third-order valence-corrected chi connectivity index (χ3v) is 3.02. The quantitative estimate of drug-likeness (QED) is 0.942. The number of aromatic nitrogens is 1. The summed E-state index contributed by atoms with van der Waals surface area (Å²) in [6, 6.07) is 5.88. The Bertz CT molecular complexity index is 575. The van der Waals surface area contributed by atoms with E-state index in [9.17, 15) is 9.50 Å². The molecule has 94 valence electrons. The number of aryl methyl sites for hydroxylation is 1. The minimum atomic E-state index is -0.385. The van der Waals surface area contributed by atoms with Gasteiger partial charge in [0.05, 0.1) is 11.1 Å². The first-order chi connectivity index (χ1) is 8.60. The maximum atomic E-state index is 13.1. The van der Waals surface area contributed by atoms with Gasteiger partial charge in [0.2, 0.25) is 0 Å². The fourth-order valence-corrected chi connectivity index (χ4v) is 1.78. The summed E-state index contributed by atoms with van der Waals surface area (Å²) in [5.41, 5.74) is 1.31. The average molecular weight is 312 g/mol. The first-order valence-electron chi connectivity index (χ1n) is 5.29. The first kappa shape index (κ1) is 13.0. The van der Waals surface area contributed by atoms with Crippen LogP contribution in [0.5, 0.6) is 11.5 Å². The van der Waals surface area contributed by atoms with Crippen LogP contribution in [0.2, 0.25) is 0 Å². The van der Waals surface area contributed by atoms with E-state index >= 15 is 0 Å². The highest BCUT2D eigenvalue weighted by molar-refractivity contribution is 9.10. The molecule has 0 unspecified atom stereocenters. The van der Waals surface area contributed by atoms with Crippen LogP contribution in [0.15, 0.2) is 34.9 Å².